The second kappa shape index (κ2) is 2.78. The summed E-state index contributed by atoms with van der Waals surface area (Å²) in [5, 5.41) is 3.42. The Morgan fingerprint density at radius 1 is 1.18 bits per heavy atom. The molecule has 1 atom stereocenters. The molecule has 1 nitrogen and oxygen atoms in total. The summed E-state index contributed by atoms with van der Waals surface area (Å²) in [6.07, 6.45) is 10.4. The molecule has 0 aromatic carbocycles. The van der Waals surface area contributed by atoms with Crippen molar-refractivity contribution >= 4 is 0 Å². The van der Waals surface area contributed by atoms with Crippen LogP contribution in [0.25, 0.3) is 0 Å². The molecule has 11 heavy (non-hydrogen) atoms. The van der Waals surface area contributed by atoms with Crippen LogP contribution in [0.1, 0.15) is 44.9 Å². The van der Waals surface area contributed by atoms with Crippen LogP contribution in [0.15, 0.2) is 0 Å². The highest BCUT2D eigenvalue weighted by atomic mass is 14.9. The third-order valence-electron chi connectivity index (χ3n) is 3.78. The van der Waals surface area contributed by atoms with Crippen LogP contribution in [-0.2, 0) is 0 Å². The molecule has 2 aliphatic carbocycles. The van der Waals surface area contributed by atoms with Crippen LogP contribution in [0.5, 0.6) is 0 Å². The van der Waals surface area contributed by atoms with Gasteiger partial charge in [0.1, 0.15) is 0 Å². The third kappa shape index (κ3) is 1.31. The van der Waals surface area contributed by atoms with Crippen molar-refractivity contribution in [2.75, 3.05) is 7.05 Å². The summed E-state index contributed by atoms with van der Waals surface area (Å²) in [4.78, 5) is 0. The van der Waals surface area contributed by atoms with Gasteiger partial charge in [0.2, 0.25) is 0 Å². The predicted molar refractivity (Wildman–Crippen MR) is 47.6 cm³/mol. The molecule has 0 radical (unpaired) electrons. The van der Waals surface area contributed by atoms with Gasteiger partial charge in [-0.3, -0.25) is 0 Å². The predicted octanol–water partition coefficient (Wildman–Crippen LogP) is 2.32. The minimum Gasteiger partial charge on any atom is -0.317 e. The van der Waals surface area contributed by atoms with Crippen molar-refractivity contribution < 1.29 is 0 Å². The fraction of sp³-hybridized carbons (Fsp3) is 1.00. The van der Waals surface area contributed by atoms with Crippen molar-refractivity contribution in [2.24, 2.45) is 5.41 Å². The fourth-order valence-corrected chi connectivity index (χ4v) is 3.03. The van der Waals surface area contributed by atoms with E-state index < -0.39 is 0 Å². The highest BCUT2D eigenvalue weighted by Crippen LogP contribution is 2.50. The summed E-state index contributed by atoms with van der Waals surface area (Å²) in [7, 11) is 2.11. The van der Waals surface area contributed by atoms with E-state index in [1.165, 1.54) is 44.9 Å². The van der Waals surface area contributed by atoms with Crippen LogP contribution >= 0.6 is 0 Å². The SMILES string of the molecule is CNC1CCC2(CCCC2)C1. The van der Waals surface area contributed by atoms with Gasteiger partial charge in [-0.05, 0) is 44.6 Å². The van der Waals surface area contributed by atoms with Gasteiger partial charge < -0.3 is 5.32 Å². The summed E-state index contributed by atoms with van der Waals surface area (Å²) < 4.78 is 0. The van der Waals surface area contributed by atoms with Crippen LogP contribution in [-0.4, -0.2) is 13.1 Å². The molecular weight excluding hydrogens is 134 g/mol. The van der Waals surface area contributed by atoms with Crippen molar-refractivity contribution in [3.05, 3.63) is 0 Å². The largest absolute Gasteiger partial charge is 0.317 e. The first-order chi connectivity index (χ1) is 5.35. The Labute approximate surface area is 69.6 Å². The molecule has 0 amide bonds. The molecule has 0 aliphatic heterocycles. The van der Waals surface area contributed by atoms with Gasteiger partial charge in [0, 0.05) is 6.04 Å². The molecule has 2 saturated carbocycles. The summed E-state index contributed by atoms with van der Waals surface area (Å²) >= 11 is 0. The molecule has 1 unspecified atom stereocenters. The van der Waals surface area contributed by atoms with E-state index in [4.69, 9.17) is 0 Å². The second-order valence-corrected chi connectivity index (χ2v) is 4.44. The smallest absolute Gasteiger partial charge is 0.00695 e. The lowest BCUT2D eigenvalue weighted by Crippen LogP contribution is -2.23. The normalized spacial score (nSPS) is 35.2. The maximum absolute atomic E-state index is 3.42. The standard InChI is InChI=1S/C10H19N/c1-11-9-4-7-10(8-9)5-2-3-6-10/h9,11H,2-8H2,1H3. The molecule has 0 aromatic rings. The average molecular weight is 153 g/mol. The highest BCUT2D eigenvalue weighted by molar-refractivity contribution is 4.94. The first-order valence-electron chi connectivity index (χ1n) is 5.02. The summed E-state index contributed by atoms with van der Waals surface area (Å²) in [6, 6.07) is 0.841. The first-order valence-corrected chi connectivity index (χ1v) is 5.02. The van der Waals surface area contributed by atoms with E-state index in [1.807, 2.05) is 0 Å². The summed E-state index contributed by atoms with van der Waals surface area (Å²) in [6.45, 7) is 0. The highest BCUT2D eigenvalue weighted by Gasteiger charge is 2.40. The Bertz CT molecular complexity index is 136. The molecule has 0 aromatic heterocycles. The molecule has 2 fully saturated rings. The fourth-order valence-electron chi connectivity index (χ4n) is 3.03. The van der Waals surface area contributed by atoms with Gasteiger partial charge in [0.25, 0.3) is 0 Å². The van der Waals surface area contributed by atoms with Crippen LogP contribution in [0.3, 0.4) is 0 Å². The lowest BCUT2D eigenvalue weighted by Gasteiger charge is -2.22. The van der Waals surface area contributed by atoms with E-state index >= 15 is 0 Å². The molecule has 2 aliphatic rings. The van der Waals surface area contributed by atoms with E-state index in [0.29, 0.717) is 0 Å². The van der Waals surface area contributed by atoms with Gasteiger partial charge in [-0.1, -0.05) is 12.8 Å². The molecule has 2 rings (SSSR count). The molecule has 1 N–H and O–H groups in total. The van der Waals surface area contributed by atoms with Crippen LogP contribution in [0.4, 0.5) is 0 Å². The molecular formula is C10H19N. The van der Waals surface area contributed by atoms with Crippen molar-refractivity contribution in [1.82, 2.24) is 5.32 Å². The zero-order valence-corrected chi connectivity index (χ0v) is 7.53. The topological polar surface area (TPSA) is 12.0 Å². The lowest BCUT2D eigenvalue weighted by molar-refractivity contribution is 0.300. The maximum Gasteiger partial charge on any atom is 0.00695 e. The minimum absolute atomic E-state index is 0.799. The number of rotatable bonds is 1. The first kappa shape index (κ1) is 7.60. The van der Waals surface area contributed by atoms with E-state index in [2.05, 4.69) is 12.4 Å². The van der Waals surface area contributed by atoms with Gasteiger partial charge in [0.05, 0.1) is 0 Å². The lowest BCUT2D eigenvalue weighted by atomic mass is 9.84. The Morgan fingerprint density at radius 2 is 1.91 bits per heavy atom. The van der Waals surface area contributed by atoms with Crippen LogP contribution in [0, 0.1) is 5.41 Å². The Kier molecular flexibility index (Phi) is 1.92. The monoisotopic (exact) mass is 153 g/mol. The van der Waals surface area contributed by atoms with Gasteiger partial charge >= 0.3 is 0 Å². The van der Waals surface area contributed by atoms with Crippen LogP contribution in [0.2, 0.25) is 0 Å². The Hall–Kier alpha value is -0.0400. The molecule has 1 heteroatoms. The summed E-state index contributed by atoms with van der Waals surface area (Å²) in [5.74, 6) is 0. The van der Waals surface area contributed by atoms with Gasteiger partial charge in [-0.2, -0.15) is 0 Å². The van der Waals surface area contributed by atoms with Gasteiger partial charge in [-0.15, -0.1) is 0 Å². The Morgan fingerprint density at radius 3 is 2.45 bits per heavy atom. The average Bonchev–Trinajstić information content (AvgIpc) is 2.62. The van der Waals surface area contributed by atoms with Crippen LogP contribution < -0.4 is 5.32 Å². The number of nitrogens with one attached hydrogen (secondary N) is 1. The quantitative estimate of drug-likeness (QED) is 0.609. The van der Waals surface area contributed by atoms with E-state index in [0.717, 1.165) is 11.5 Å². The van der Waals surface area contributed by atoms with E-state index in [-0.39, 0.29) is 0 Å². The van der Waals surface area contributed by atoms with Gasteiger partial charge in [-0.25, -0.2) is 0 Å². The minimum atomic E-state index is 0.799. The number of hydrogen-bond donors (Lipinski definition) is 1. The zero-order valence-electron chi connectivity index (χ0n) is 7.53. The Balaban J connectivity index is 1.96. The van der Waals surface area contributed by atoms with E-state index in [9.17, 15) is 0 Å². The molecule has 0 saturated heterocycles. The zero-order chi connectivity index (χ0) is 7.73. The molecule has 0 heterocycles. The van der Waals surface area contributed by atoms with Gasteiger partial charge in [0.15, 0.2) is 0 Å². The van der Waals surface area contributed by atoms with Crippen molar-refractivity contribution in [3.8, 4) is 0 Å². The van der Waals surface area contributed by atoms with Crippen molar-refractivity contribution in [1.29, 1.82) is 0 Å². The van der Waals surface area contributed by atoms with Crippen molar-refractivity contribution in [3.63, 3.8) is 0 Å². The third-order valence-corrected chi connectivity index (χ3v) is 3.78. The molecule has 1 spiro atoms. The molecule has 64 valence electrons. The van der Waals surface area contributed by atoms with E-state index in [1.54, 1.807) is 0 Å². The van der Waals surface area contributed by atoms with Crippen molar-refractivity contribution in [2.45, 2.75) is 51.0 Å². The molecule has 0 bridgehead atoms. The second-order valence-electron chi connectivity index (χ2n) is 4.44. The number of hydrogen-bond acceptors (Lipinski definition) is 1. The maximum atomic E-state index is 3.42. The summed E-state index contributed by atoms with van der Waals surface area (Å²) in [5.41, 5.74) is 0.799.